The van der Waals surface area contributed by atoms with Gasteiger partial charge in [-0.25, -0.2) is 9.78 Å². The zero-order chi connectivity index (χ0) is 12.3. The van der Waals surface area contributed by atoms with Crippen LogP contribution in [0.4, 0.5) is 5.82 Å². The molecule has 0 spiro atoms. The van der Waals surface area contributed by atoms with E-state index >= 15 is 0 Å². The van der Waals surface area contributed by atoms with Gasteiger partial charge >= 0.3 is 5.97 Å². The number of rotatable bonds is 3. The molecule has 2 heterocycles. The van der Waals surface area contributed by atoms with Gasteiger partial charge in [-0.05, 0) is 18.6 Å². The topological polar surface area (TPSA) is 65.5 Å². The molecule has 1 aliphatic rings. The van der Waals surface area contributed by atoms with Crippen LogP contribution in [-0.2, 0) is 6.42 Å². The van der Waals surface area contributed by atoms with Crippen molar-refractivity contribution in [2.24, 2.45) is 0 Å². The molecule has 1 aliphatic heterocycles. The fourth-order valence-corrected chi connectivity index (χ4v) is 1.93. The van der Waals surface area contributed by atoms with Gasteiger partial charge in [0.05, 0.1) is 5.56 Å². The molecule has 17 heavy (non-hydrogen) atoms. The minimum Gasteiger partial charge on any atom is -0.478 e. The fraction of sp³-hybridized carbons (Fsp3) is 0.500. The average Bonchev–Trinajstić information content (AvgIpc) is 2.39. The molecule has 0 radical (unpaired) electrons. The quantitative estimate of drug-likeness (QED) is 0.809. The molecule has 0 bridgehead atoms. The summed E-state index contributed by atoms with van der Waals surface area (Å²) >= 11 is 0. The molecule has 1 saturated heterocycles. The number of carboxylic acids is 1. The number of nitrogens with one attached hydrogen (secondary N) is 1. The lowest BCUT2D eigenvalue weighted by Gasteiger charge is -2.28. The highest BCUT2D eigenvalue weighted by Gasteiger charge is 2.15. The Morgan fingerprint density at radius 2 is 2.18 bits per heavy atom. The molecule has 1 aromatic heterocycles. The van der Waals surface area contributed by atoms with E-state index < -0.39 is 5.97 Å². The van der Waals surface area contributed by atoms with Gasteiger partial charge in [0.1, 0.15) is 5.82 Å². The van der Waals surface area contributed by atoms with E-state index in [-0.39, 0.29) is 0 Å². The van der Waals surface area contributed by atoms with E-state index in [0.29, 0.717) is 5.56 Å². The summed E-state index contributed by atoms with van der Waals surface area (Å²) in [5.74, 6) is -0.110. The maximum atomic E-state index is 11.0. The summed E-state index contributed by atoms with van der Waals surface area (Å²) in [6.07, 6.45) is 0.750. The normalized spacial score (nSPS) is 15.9. The molecule has 5 heteroatoms. The van der Waals surface area contributed by atoms with Crippen LogP contribution in [0.3, 0.4) is 0 Å². The van der Waals surface area contributed by atoms with Crippen molar-refractivity contribution in [3.63, 3.8) is 0 Å². The van der Waals surface area contributed by atoms with Gasteiger partial charge in [0.2, 0.25) is 0 Å². The minimum absolute atomic E-state index is 0.324. The van der Waals surface area contributed by atoms with Gasteiger partial charge in [-0.15, -0.1) is 0 Å². The largest absolute Gasteiger partial charge is 0.478 e. The molecule has 1 fully saturated rings. The second kappa shape index (κ2) is 5.14. The molecular formula is C12H17N3O2. The van der Waals surface area contributed by atoms with Gasteiger partial charge in [0.25, 0.3) is 0 Å². The molecule has 1 aromatic rings. The number of hydrogen-bond donors (Lipinski definition) is 2. The summed E-state index contributed by atoms with van der Waals surface area (Å²) in [7, 11) is 0. The van der Waals surface area contributed by atoms with E-state index in [1.54, 1.807) is 12.1 Å². The van der Waals surface area contributed by atoms with E-state index in [1.807, 2.05) is 6.92 Å². The van der Waals surface area contributed by atoms with Gasteiger partial charge in [-0.3, -0.25) is 0 Å². The first-order chi connectivity index (χ1) is 8.20. The highest BCUT2D eigenvalue weighted by molar-refractivity contribution is 5.88. The molecule has 2 N–H and O–H groups in total. The van der Waals surface area contributed by atoms with Crippen LogP contribution in [-0.4, -0.2) is 42.2 Å². The Balaban J connectivity index is 2.31. The molecule has 0 atom stereocenters. The van der Waals surface area contributed by atoms with Crippen molar-refractivity contribution >= 4 is 11.8 Å². The van der Waals surface area contributed by atoms with Gasteiger partial charge in [0, 0.05) is 31.9 Å². The van der Waals surface area contributed by atoms with Crippen molar-refractivity contribution in [2.45, 2.75) is 13.3 Å². The standard InChI is InChI=1S/C12H17N3O2/c1-2-10-7-9(12(16)17)8-11(14-10)15-5-3-13-4-6-15/h7-8,13H,2-6H2,1H3,(H,16,17). The third kappa shape index (κ3) is 2.74. The van der Waals surface area contributed by atoms with Gasteiger partial charge in [-0.2, -0.15) is 0 Å². The van der Waals surface area contributed by atoms with Crippen LogP contribution in [0.5, 0.6) is 0 Å². The van der Waals surface area contributed by atoms with E-state index in [0.717, 1.165) is 44.1 Å². The number of pyridine rings is 1. The van der Waals surface area contributed by atoms with E-state index in [4.69, 9.17) is 5.11 Å². The number of carboxylic acid groups (broad SMARTS) is 1. The van der Waals surface area contributed by atoms with E-state index in [9.17, 15) is 4.79 Å². The Bertz CT molecular complexity index is 414. The predicted molar refractivity (Wildman–Crippen MR) is 65.7 cm³/mol. The van der Waals surface area contributed by atoms with Crippen molar-refractivity contribution in [2.75, 3.05) is 31.1 Å². The number of aromatic carboxylic acids is 1. The third-order valence-corrected chi connectivity index (χ3v) is 2.92. The van der Waals surface area contributed by atoms with Crippen molar-refractivity contribution in [3.05, 3.63) is 23.4 Å². The number of anilines is 1. The number of aryl methyl sites for hydroxylation is 1. The zero-order valence-electron chi connectivity index (χ0n) is 9.94. The van der Waals surface area contributed by atoms with Crippen molar-refractivity contribution in [1.29, 1.82) is 0 Å². The van der Waals surface area contributed by atoms with Crippen LogP contribution in [0, 0.1) is 0 Å². The van der Waals surface area contributed by atoms with E-state index in [2.05, 4.69) is 15.2 Å². The predicted octanol–water partition coefficient (Wildman–Crippen LogP) is 0.752. The SMILES string of the molecule is CCc1cc(C(=O)O)cc(N2CCNCC2)n1. The summed E-state index contributed by atoms with van der Waals surface area (Å²) in [5.41, 5.74) is 1.16. The molecule has 92 valence electrons. The first kappa shape index (κ1) is 11.9. The average molecular weight is 235 g/mol. The zero-order valence-corrected chi connectivity index (χ0v) is 9.94. The van der Waals surface area contributed by atoms with E-state index in [1.165, 1.54) is 0 Å². The van der Waals surface area contributed by atoms with Gasteiger partial charge in [-0.1, -0.05) is 6.92 Å². The molecule has 0 unspecified atom stereocenters. The third-order valence-electron chi connectivity index (χ3n) is 2.92. The van der Waals surface area contributed by atoms with Crippen LogP contribution in [0.1, 0.15) is 23.0 Å². The monoisotopic (exact) mass is 235 g/mol. The smallest absolute Gasteiger partial charge is 0.335 e. The highest BCUT2D eigenvalue weighted by atomic mass is 16.4. The summed E-state index contributed by atoms with van der Waals surface area (Å²) in [6, 6.07) is 3.31. The second-order valence-corrected chi connectivity index (χ2v) is 4.10. The first-order valence-electron chi connectivity index (χ1n) is 5.90. The highest BCUT2D eigenvalue weighted by Crippen LogP contribution is 2.16. The lowest BCUT2D eigenvalue weighted by molar-refractivity contribution is 0.0696. The molecule has 0 aliphatic carbocycles. The molecule has 2 rings (SSSR count). The number of hydrogen-bond acceptors (Lipinski definition) is 4. The van der Waals surface area contributed by atoms with Crippen LogP contribution < -0.4 is 10.2 Å². The van der Waals surface area contributed by atoms with Crippen LogP contribution >= 0.6 is 0 Å². The molecule has 5 nitrogen and oxygen atoms in total. The fourth-order valence-electron chi connectivity index (χ4n) is 1.93. The summed E-state index contributed by atoms with van der Waals surface area (Å²) in [6.45, 7) is 5.56. The number of aromatic nitrogens is 1. The van der Waals surface area contributed by atoms with Gasteiger partial charge in [0.15, 0.2) is 0 Å². The molecule has 0 saturated carbocycles. The number of piperazine rings is 1. The maximum absolute atomic E-state index is 11.0. The number of nitrogens with zero attached hydrogens (tertiary/aromatic N) is 2. The Hall–Kier alpha value is -1.62. The van der Waals surface area contributed by atoms with Crippen molar-refractivity contribution < 1.29 is 9.90 Å². The maximum Gasteiger partial charge on any atom is 0.335 e. The van der Waals surface area contributed by atoms with Gasteiger partial charge < -0.3 is 15.3 Å². The molecule has 0 amide bonds. The second-order valence-electron chi connectivity index (χ2n) is 4.10. The lowest BCUT2D eigenvalue weighted by Crippen LogP contribution is -2.44. The molecular weight excluding hydrogens is 218 g/mol. The minimum atomic E-state index is -0.890. The van der Waals surface area contributed by atoms with Crippen LogP contribution in [0.15, 0.2) is 12.1 Å². The summed E-state index contributed by atoms with van der Waals surface area (Å²) in [4.78, 5) is 17.7. The first-order valence-corrected chi connectivity index (χ1v) is 5.90. The van der Waals surface area contributed by atoms with Crippen molar-refractivity contribution in [1.82, 2.24) is 10.3 Å². The van der Waals surface area contributed by atoms with Crippen LogP contribution in [0.25, 0.3) is 0 Å². The summed E-state index contributed by atoms with van der Waals surface area (Å²) < 4.78 is 0. The Morgan fingerprint density at radius 3 is 2.76 bits per heavy atom. The number of carbonyl (C=O) groups is 1. The summed E-state index contributed by atoms with van der Waals surface area (Å²) in [5, 5.41) is 12.3. The lowest BCUT2D eigenvalue weighted by atomic mass is 10.2. The molecule has 0 aromatic carbocycles. The Kier molecular flexibility index (Phi) is 3.58. The van der Waals surface area contributed by atoms with Crippen LogP contribution in [0.2, 0.25) is 0 Å². The Labute approximate surface area is 100 Å². The van der Waals surface area contributed by atoms with Crippen molar-refractivity contribution in [3.8, 4) is 0 Å². The Morgan fingerprint density at radius 1 is 1.47 bits per heavy atom.